The largest absolute Gasteiger partial charge is 1.00 e. The molecule has 15 nitrogen and oxygen atoms in total. The minimum absolute atomic E-state index is 0. The van der Waals surface area contributed by atoms with Crippen molar-refractivity contribution in [2.75, 3.05) is 0 Å². The molecule has 0 aliphatic rings. The fourth-order valence-corrected chi connectivity index (χ4v) is 3.28. The third-order valence-corrected chi connectivity index (χ3v) is 5.13. The third kappa shape index (κ3) is 7.95. The summed E-state index contributed by atoms with van der Waals surface area (Å²) >= 11 is 0. The number of aromatic nitrogens is 4. The molecule has 0 aliphatic heterocycles. The van der Waals surface area contributed by atoms with Crippen LogP contribution >= 0.6 is 0 Å². The van der Waals surface area contributed by atoms with Gasteiger partial charge < -0.3 is 34.4 Å². The molecule has 0 amide bonds. The molecule has 0 unspecified atom stereocenters. The van der Waals surface area contributed by atoms with Crippen LogP contribution in [0.5, 0.6) is 0 Å². The predicted octanol–water partition coefficient (Wildman–Crippen LogP) is -7.20. The summed E-state index contributed by atoms with van der Waals surface area (Å²) in [6.45, 7) is 0. The average molecular weight is 548 g/mol. The van der Waals surface area contributed by atoms with Crippen LogP contribution in [0.1, 0.15) is 0 Å². The zero-order valence-corrected chi connectivity index (χ0v) is 23.6. The zero-order valence-electron chi connectivity index (χ0n) is 18.0. The molecule has 19 heteroatoms. The molecule has 0 radical (unpaired) electrons. The minimum Gasteiger partial charge on any atom is -0.742 e. The summed E-state index contributed by atoms with van der Waals surface area (Å²) in [7, 11) is -9.76. The van der Waals surface area contributed by atoms with E-state index >= 15 is 0 Å². The van der Waals surface area contributed by atoms with Crippen LogP contribution in [0.15, 0.2) is 67.7 Å². The van der Waals surface area contributed by atoms with Crippen molar-refractivity contribution in [1.82, 2.24) is 20.2 Å². The number of nitrogens with zero attached hydrogens (tertiary/aromatic N) is 4. The van der Waals surface area contributed by atoms with E-state index < -0.39 is 30.4 Å². The van der Waals surface area contributed by atoms with Gasteiger partial charge in [-0.2, -0.15) is 0 Å². The van der Waals surface area contributed by atoms with Crippen molar-refractivity contribution in [3.63, 3.8) is 0 Å². The van der Waals surface area contributed by atoms with Crippen LogP contribution in [0.2, 0.25) is 0 Å². The van der Waals surface area contributed by atoms with E-state index in [1.54, 1.807) is 18.2 Å². The maximum atomic E-state index is 11.2. The van der Waals surface area contributed by atoms with Gasteiger partial charge in [0.1, 0.15) is 11.4 Å². The van der Waals surface area contributed by atoms with E-state index in [0.29, 0.717) is 5.69 Å². The van der Waals surface area contributed by atoms with Crippen molar-refractivity contribution in [1.29, 1.82) is 0 Å². The van der Waals surface area contributed by atoms with E-state index in [1.165, 1.54) is 6.20 Å². The van der Waals surface area contributed by atoms with Gasteiger partial charge in [-0.25, -0.2) is 21.8 Å². The average Bonchev–Trinajstić information content (AvgIpc) is 3.37. The van der Waals surface area contributed by atoms with E-state index in [9.17, 15) is 25.9 Å². The molecule has 4 aromatic rings. The molecule has 178 valence electrons. The Labute approximate surface area is 242 Å². The van der Waals surface area contributed by atoms with Crippen LogP contribution in [0, 0.1) is 0 Å². The van der Waals surface area contributed by atoms with Gasteiger partial charge in [0.25, 0.3) is 0 Å². The number of hydrogen-bond donors (Lipinski definition) is 0. The molecule has 0 aromatic carbocycles. The molecule has 0 bridgehead atoms. The Kier molecular flexibility index (Phi) is 13.9. The van der Waals surface area contributed by atoms with Crippen LogP contribution < -0.4 is 59.1 Å². The minimum atomic E-state index is -4.88. The van der Waals surface area contributed by atoms with E-state index in [4.69, 9.17) is 8.83 Å². The smallest absolute Gasteiger partial charge is 0.742 e. The third-order valence-electron chi connectivity index (χ3n) is 3.70. The van der Waals surface area contributed by atoms with E-state index in [0.717, 1.165) is 24.3 Å². The second-order valence-electron chi connectivity index (χ2n) is 5.69. The molecule has 0 aliphatic carbocycles. The maximum absolute atomic E-state index is 11.2. The van der Waals surface area contributed by atoms with Crippen LogP contribution in [-0.2, 0) is 20.2 Å². The molecule has 35 heavy (non-hydrogen) atoms. The molecule has 4 rings (SSSR count). The Bertz CT molecular complexity index is 1460. The first-order valence-corrected chi connectivity index (χ1v) is 10.7. The topological polar surface area (TPSA) is 287 Å². The first-order chi connectivity index (χ1) is 14.1. The normalized spacial score (nSPS) is 10.5. The van der Waals surface area contributed by atoms with Crippen molar-refractivity contribution in [3.8, 4) is 34.4 Å². The number of furan rings is 2. The number of hydrogen-bond acceptors (Lipinski definition) is 12. The number of pyridine rings is 1. The summed E-state index contributed by atoms with van der Waals surface area (Å²) in [5.41, 5.74) is 0.0434. The Hall–Kier alpha value is -1.58. The van der Waals surface area contributed by atoms with Gasteiger partial charge in [0.2, 0.25) is 16.0 Å². The molecule has 0 saturated heterocycles. The Morgan fingerprint density at radius 1 is 0.686 bits per heavy atom. The molecular formula is C16H14N4Na2O11S2. The van der Waals surface area contributed by atoms with Gasteiger partial charge in [0.15, 0.2) is 37.5 Å². The molecular weight excluding hydrogens is 534 g/mol. The summed E-state index contributed by atoms with van der Waals surface area (Å²) < 4.78 is 77.2. The molecule has 0 fully saturated rings. The summed E-state index contributed by atoms with van der Waals surface area (Å²) in [5.74, 6) is -0.357. The molecule has 0 atom stereocenters. The van der Waals surface area contributed by atoms with Gasteiger partial charge in [0, 0.05) is 6.20 Å². The molecule has 6 N–H and O–H groups in total. The quantitative estimate of drug-likeness (QED) is 0.166. The van der Waals surface area contributed by atoms with Gasteiger partial charge in [-0.05, 0) is 36.4 Å². The van der Waals surface area contributed by atoms with Crippen molar-refractivity contribution in [2.45, 2.75) is 10.2 Å². The van der Waals surface area contributed by atoms with E-state index in [2.05, 4.69) is 20.2 Å². The van der Waals surface area contributed by atoms with Crippen molar-refractivity contribution >= 4 is 20.2 Å². The van der Waals surface area contributed by atoms with Gasteiger partial charge in [-0.1, -0.05) is 6.07 Å². The van der Waals surface area contributed by atoms with Gasteiger partial charge in [-0.15, -0.1) is 10.2 Å². The van der Waals surface area contributed by atoms with E-state index in [-0.39, 0.29) is 104 Å². The van der Waals surface area contributed by atoms with Crippen LogP contribution in [0.25, 0.3) is 34.4 Å². The fourth-order valence-electron chi connectivity index (χ4n) is 2.43. The monoisotopic (exact) mass is 548 g/mol. The summed E-state index contributed by atoms with van der Waals surface area (Å²) in [6, 6.07) is 9.09. The SMILES string of the molecule is O.O.O.O=S(=O)([O-])c1ccc(-c2nnc(-c3ccccn3)nc2-c2ccc(S(=O)(=O)[O-])o2)o1.[Na+].[Na+]. The second-order valence-corrected chi connectivity index (χ2v) is 8.31. The van der Waals surface area contributed by atoms with Gasteiger partial charge in [-0.3, -0.25) is 4.98 Å². The molecule has 0 spiro atoms. The van der Waals surface area contributed by atoms with Gasteiger partial charge >= 0.3 is 59.1 Å². The zero-order chi connectivity index (χ0) is 21.5. The molecule has 4 aromatic heterocycles. The second kappa shape index (κ2) is 13.7. The Morgan fingerprint density at radius 3 is 1.63 bits per heavy atom. The van der Waals surface area contributed by atoms with Gasteiger partial charge in [0.05, 0.1) is 0 Å². The first-order valence-electron chi connectivity index (χ1n) is 7.91. The molecule has 4 heterocycles. The Morgan fingerprint density at radius 2 is 1.20 bits per heavy atom. The fraction of sp³-hybridized carbons (Fsp3) is 0. The standard InChI is InChI=1S/C16H10N4O8S2.2Na.3H2O/c21-29(22,23)12-6-4-10(27-12)14-15(11-5-7-13(28-11)30(24,25)26)19-20-16(18-14)9-3-1-2-8-17-9;;;;;/h1-8H,(H,21,22,23)(H,24,25,26);;;3*1H2/q;2*+1;;;/p-2. The molecule has 0 saturated carbocycles. The maximum Gasteiger partial charge on any atom is 1.00 e. The van der Waals surface area contributed by atoms with Crippen LogP contribution in [-0.4, -0.2) is 62.5 Å². The summed E-state index contributed by atoms with van der Waals surface area (Å²) in [6.07, 6.45) is 1.49. The number of rotatable bonds is 5. The predicted molar refractivity (Wildman–Crippen MR) is 105 cm³/mol. The van der Waals surface area contributed by atoms with Crippen molar-refractivity contribution in [3.05, 3.63) is 48.7 Å². The van der Waals surface area contributed by atoms with E-state index in [1.807, 2.05) is 0 Å². The Balaban J connectivity index is 0. The summed E-state index contributed by atoms with van der Waals surface area (Å²) in [5, 5.41) is 6.13. The summed E-state index contributed by atoms with van der Waals surface area (Å²) in [4.78, 5) is 8.32. The van der Waals surface area contributed by atoms with Crippen LogP contribution in [0.3, 0.4) is 0 Å². The van der Waals surface area contributed by atoms with Crippen LogP contribution in [0.4, 0.5) is 0 Å². The van der Waals surface area contributed by atoms with Crippen molar-refractivity contribution < 1.29 is 110 Å². The first kappa shape index (κ1) is 35.6. The van der Waals surface area contributed by atoms with Crippen molar-refractivity contribution in [2.24, 2.45) is 0 Å².